The number of hydrogen-bond donors (Lipinski definition) is 0. The molecule has 0 amide bonds. The third-order valence-electron chi connectivity index (χ3n) is 3.96. The highest BCUT2D eigenvalue weighted by molar-refractivity contribution is 5.65. The summed E-state index contributed by atoms with van der Waals surface area (Å²) in [5.41, 5.74) is 0.562. The number of methoxy groups -OCH3 is 3. The van der Waals surface area contributed by atoms with Crippen LogP contribution in [0, 0.1) is 0 Å². The number of ether oxygens (including phenoxy) is 4. The highest BCUT2D eigenvalue weighted by Gasteiger charge is 2.19. The van der Waals surface area contributed by atoms with Crippen molar-refractivity contribution in [3.05, 3.63) is 22.7 Å². The Labute approximate surface area is 144 Å². The molecule has 0 N–H and O–H groups in total. The van der Waals surface area contributed by atoms with E-state index >= 15 is 0 Å². The van der Waals surface area contributed by atoms with E-state index < -0.39 is 5.76 Å². The predicted molar refractivity (Wildman–Crippen MR) is 88.2 cm³/mol. The molecule has 2 heterocycles. The van der Waals surface area contributed by atoms with E-state index in [0.29, 0.717) is 42.7 Å². The fraction of sp³-hybridized carbons (Fsp3) is 0.500. The number of benzene rings is 1. The number of rotatable bonds is 6. The summed E-state index contributed by atoms with van der Waals surface area (Å²) >= 11 is 0. The summed E-state index contributed by atoms with van der Waals surface area (Å²) in [6.07, 6.45) is 0. The molecule has 0 saturated carbocycles. The minimum absolute atomic E-state index is 0.192. The van der Waals surface area contributed by atoms with Crippen LogP contribution in [0.3, 0.4) is 0 Å². The lowest BCUT2D eigenvalue weighted by atomic mass is 10.2. The number of morpholine rings is 1. The highest BCUT2D eigenvalue weighted by atomic mass is 16.5. The molecule has 3 rings (SSSR count). The third-order valence-corrected chi connectivity index (χ3v) is 3.96. The molecule has 136 valence electrons. The molecule has 1 aromatic carbocycles. The molecule has 0 radical (unpaired) electrons. The highest BCUT2D eigenvalue weighted by Crippen LogP contribution is 2.40. The van der Waals surface area contributed by atoms with Crippen LogP contribution >= 0.6 is 0 Å². The topological polar surface area (TPSA) is 88.2 Å². The van der Waals surface area contributed by atoms with Gasteiger partial charge in [-0.05, 0) is 12.1 Å². The van der Waals surface area contributed by atoms with Crippen molar-refractivity contribution in [1.82, 2.24) is 14.7 Å². The zero-order valence-corrected chi connectivity index (χ0v) is 14.5. The maximum absolute atomic E-state index is 12.1. The van der Waals surface area contributed by atoms with Gasteiger partial charge in [0.05, 0.1) is 34.5 Å². The first-order valence-electron chi connectivity index (χ1n) is 7.84. The Hall–Kier alpha value is -2.52. The van der Waals surface area contributed by atoms with E-state index in [0.717, 1.165) is 13.1 Å². The fourth-order valence-corrected chi connectivity index (χ4v) is 2.65. The van der Waals surface area contributed by atoms with Crippen molar-refractivity contribution in [2.45, 2.75) is 6.67 Å². The molecular weight excluding hydrogens is 330 g/mol. The molecular formula is C16H21N3O6. The Morgan fingerprint density at radius 1 is 1.08 bits per heavy atom. The molecule has 1 fully saturated rings. The van der Waals surface area contributed by atoms with Gasteiger partial charge in [-0.1, -0.05) is 0 Å². The summed E-state index contributed by atoms with van der Waals surface area (Å²) in [5.74, 6) is 1.06. The van der Waals surface area contributed by atoms with Crippen LogP contribution in [0.1, 0.15) is 0 Å². The summed E-state index contributed by atoms with van der Waals surface area (Å²) in [4.78, 5) is 14.2. The summed E-state index contributed by atoms with van der Waals surface area (Å²) in [5, 5.41) is 4.28. The molecule has 0 atom stereocenters. The normalized spacial score (nSPS) is 15.2. The van der Waals surface area contributed by atoms with E-state index in [4.69, 9.17) is 23.4 Å². The van der Waals surface area contributed by atoms with Crippen LogP contribution in [0.4, 0.5) is 0 Å². The van der Waals surface area contributed by atoms with Gasteiger partial charge in [0.1, 0.15) is 6.67 Å². The number of aromatic nitrogens is 2. The van der Waals surface area contributed by atoms with Crippen molar-refractivity contribution in [3.8, 4) is 28.7 Å². The van der Waals surface area contributed by atoms with Crippen molar-refractivity contribution >= 4 is 0 Å². The summed E-state index contributed by atoms with van der Waals surface area (Å²) < 4.78 is 27.8. The van der Waals surface area contributed by atoms with E-state index in [1.807, 2.05) is 0 Å². The molecule has 2 aromatic rings. The molecule has 25 heavy (non-hydrogen) atoms. The van der Waals surface area contributed by atoms with Gasteiger partial charge in [-0.2, -0.15) is 4.68 Å². The average Bonchev–Trinajstić information content (AvgIpc) is 3.01. The standard InChI is InChI=1S/C16H21N3O6/c1-21-12-8-11(9-13(22-2)14(12)23-3)15-17-19(16(20)25-15)10-18-4-6-24-7-5-18/h8-9H,4-7,10H2,1-3H3. The van der Waals surface area contributed by atoms with Crippen molar-refractivity contribution < 1.29 is 23.4 Å². The second kappa shape index (κ2) is 7.58. The van der Waals surface area contributed by atoms with Gasteiger partial charge in [-0.15, -0.1) is 5.10 Å². The molecule has 1 aliphatic heterocycles. The van der Waals surface area contributed by atoms with Gasteiger partial charge in [0.2, 0.25) is 11.6 Å². The quantitative estimate of drug-likeness (QED) is 0.756. The van der Waals surface area contributed by atoms with Crippen LogP contribution in [0.2, 0.25) is 0 Å². The Kier molecular flexibility index (Phi) is 5.25. The molecule has 1 saturated heterocycles. The van der Waals surface area contributed by atoms with Crippen molar-refractivity contribution in [2.24, 2.45) is 0 Å². The van der Waals surface area contributed by atoms with Crippen LogP contribution < -0.4 is 20.0 Å². The minimum Gasteiger partial charge on any atom is -0.493 e. The van der Waals surface area contributed by atoms with E-state index in [-0.39, 0.29) is 5.89 Å². The van der Waals surface area contributed by atoms with Gasteiger partial charge >= 0.3 is 5.76 Å². The van der Waals surface area contributed by atoms with Gasteiger partial charge in [0, 0.05) is 18.7 Å². The largest absolute Gasteiger partial charge is 0.493 e. The Morgan fingerprint density at radius 2 is 1.72 bits per heavy atom. The fourth-order valence-electron chi connectivity index (χ4n) is 2.65. The van der Waals surface area contributed by atoms with Crippen LogP contribution in [-0.2, 0) is 11.4 Å². The average molecular weight is 351 g/mol. The smallest absolute Gasteiger partial charge is 0.438 e. The van der Waals surface area contributed by atoms with Gasteiger partial charge in [-0.3, -0.25) is 4.90 Å². The van der Waals surface area contributed by atoms with Crippen LogP contribution in [0.5, 0.6) is 17.2 Å². The maximum atomic E-state index is 12.1. The Balaban J connectivity index is 1.91. The van der Waals surface area contributed by atoms with Crippen LogP contribution in [0.25, 0.3) is 11.5 Å². The Morgan fingerprint density at radius 3 is 2.28 bits per heavy atom. The summed E-state index contributed by atoms with van der Waals surface area (Å²) in [6, 6.07) is 3.37. The van der Waals surface area contributed by atoms with Crippen molar-refractivity contribution in [1.29, 1.82) is 0 Å². The van der Waals surface area contributed by atoms with Gasteiger partial charge < -0.3 is 23.4 Å². The third kappa shape index (κ3) is 3.62. The lowest BCUT2D eigenvalue weighted by Gasteiger charge is -2.25. The van der Waals surface area contributed by atoms with E-state index in [1.165, 1.54) is 26.0 Å². The van der Waals surface area contributed by atoms with Crippen LogP contribution in [-0.4, -0.2) is 62.3 Å². The van der Waals surface area contributed by atoms with Gasteiger partial charge in [-0.25, -0.2) is 4.79 Å². The lowest BCUT2D eigenvalue weighted by molar-refractivity contribution is 0.0202. The lowest BCUT2D eigenvalue weighted by Crippen LogP contribution is -2.39. The Bertz CT molecular complexity index is 753. The first-order valence-corrected chi connectivity index (χ1v) is 7.84. The zero-order valence-electron chi connectivity index (χ0n) is 14.5. The predicted octanol–water partition coefficient (Wildman–Crippen LogP) is 0.819. The van der Waals surface area contributed by atoms with Gasteiger partial charge in [0.25, 0.3) is 0 Å². The molecule has 0 spiro atoms. The number of hydrogen-bond acceptors (Lipinski definition) is 8. The van der Waals surface area contributed by atoms with E-state index in [2.05, 4.69) is 10.00 Å². The van der Waals surface area contributed by atoms with E-state index in [1.54, 1.807) is 12.1 Å². The molecule has 9 nitrogen and oxygen atoms in total. The zero-order chi connectivity index (χ0) is 17.8. The maximum Gasteiger partial charge on any atom is 0.438 e. The molecule has 0 bridgehead atoms. The first kappa shape index (κ1) is 17.3. The van der Waals surface area contributed by atoms with Crippen LogP contribution in [0.15, 0.2) is 21.3 Å². The first-order chi connectivity index (χ1) is 12.2. The molecule has 0 unspecified atom stereocenters. The minimum atomic E-state index is -0.518. The molecule has 0 aliphatic carbocycles. The molecule has 9 heteroatoms. The molecule has 1 aromatic heterocycles. The SMILES string of the molecule is COc1cc(-c2nn(CN3CCOCC3)c(=O)o2)cc(OC)c1OC. The van der Waals surface area contributed by atoms with E-state index in [9.17, 15) is 4.79 Å². The summed E-state index contributed by atoms with van der Waals surface area (Å²) in [7, 11) is 4.57. The monoisotopic (exact) mass is 351 g/mol. The second-order valence-corrected chi connectivity index (χ2v) is 5.46. The second-order valence-electron chi connectivity index (χ2n) is 5.46. The van der Waals surface area contributed by atoms with Crippen molar-refractivity contribution in [3.63, 3.8) is 0 Å². The van der Waals surface area contributed by atoms with Gasteiger partial charge in [0.15, 0.2) is 11.5 Å². The molecule has 1 aliphatic rings. The number of nitrogens with zero attached hydrogens (tertiary/aromatic N) is 3. The summed E-state index contributed by atoms with van der Waals surface area (Å²) in [6.45, 7) is 3.15. The van der Waals surface area contributed by atoms with Crippen molar-refractivity contribution in [2.75, 3.05) is 47.6 Å².